The highest BCUT2D eigenvalue weighted by molar-refractivity contribution is 5.97. The van der Waals surface area contributed by atoms with Gasteiger partial charge in [0.1, 0.15) is 11.3 Å². The number of benzene rings is 3. The van der Waals surface area contributed by atoms with Gasteiger partial charge in [0.05, 0.1) is 24.5 Å². The fourth-order valence-electron chi connectivity index (χ4n) is 3.55. The third-order valence-electron chi connectivity index (χ3n) is 5.19. The van der Waals surface area contributed by atoms with Gasteiger partial charge in [-0.3, -0.25) is 0 Å². The van der Waals surface area contributed by atoms with Gasteiger partial charge in [-0.25, -0.2) is 4.79 Å². The van der Waals surface area contributed by atoms with E-state index in [0.29, 0.717) is 34.4 Å². The van der Waals surface area contributed by atoms with Gasteiger partial charge in [-0.2, -0.15) is 26.3 Å². The van der Waals surface area contributed by atoms with E-state index in [0.717, 1.165) is 12.3 Å². The van der Waals surface area contributed by atoms with Crippen LogP contribution in [0.3, 0.4) is 0 Å². The van der Waals surface area contributed by atoms with Crippen molar-refractivity contribution in [3.8, 4) is 22.6 Å². The van der Waals surface area contributed by atoms with E-state index < -0.39 is 34.7 Å². The molecule has 0 radical (unpaired) electrons. The maximum atomic E-state index is 13.1. The number of ether oxygens (including phenoxy) is 2. The number of halogens is 6. The molecule has 0 aliphatic rings. The first-order valence-electron chi connectivity index (χ1n) is 10.3. The third-order valence-corrected chi connectivity index (χ3v) is 5.19. The van der Waals surface area contributed by atoms with Crippen LogP contribution in [-0.2, 0) is 12.4 Å². The van der Waals surface area contributed by atoms with Crippen LogP contribution in [0.2, 0.25) is 0 Å². The lowest BCUT2D eigenvalue weighted by atomic mass is 10.0. The van der Waals surface area contributed by atoms with Crippen LogP contribution >= 0.6 is 0 Å². The molecule has 4 nitrogen and oxygen atoms in total. The SMILES string of the molecule is COc1ccc2c(-c3ccccc3)c(OC=Cc3cc(C(F)(F)F)cc(C(F)(F)F)c3)c(=O)oc2c1. The van der Waals surface area contributed by atoms with Crippen molar-refractivity contribution in [1.82, 2.24) is 0 Å². The molecule has 10 heteroatoms. The van der Waals surface area contributed by atoms with Crippen molar-refractivity contribution in [3.63, 3.8) is 0 Å². The van der Waals surface area contributed by atoms with Gasteiger partial charge < -0.3 is 13.9 Å². The van der Waals surface area contributed by atoms with E-state index in [4.69, 9.17) is 13.9 Å². The zero-order valence-electron chi connectivity index (χ0n) is 18.4. The summed E-state index contributed by atoms with van der Waals surface area (Å²) in [5.41, 5.74) is -3.17. The lowest BCUT2D eigenvalue weighted by molar-refractivity contribution is -0.143. The summed E-state index contributed by atoms with van der Waals surface area (Å²) in [6, 6.07) is 14.5. The van der Waals surface area contributed by atoms with Crippen molar-refractivity contribution in [1.29, 1.82) is 0 Å². The van der Waals surface area contributed by atoms with Crippen LogP contribution in [-0.4, -0.2) is 7.11 Å². The Morgan fingerprint density at radius 3 is 2.06 bits per heavy atom. The average Bonchev–Trinajstić information content (AvgIpc) is 2.83. The third kappa shape index (κ3) is 5.22. The smallest absolute Gasteiger partial charge is 0.416 e. The first kappa shape index (κ1) is 24.9. The highest BCUT2D eigenvalue weighted by Crippen LogP contribution is 2.38. The molecule has 4 aromatic rings. The van der Waals surface area contributed by atoms with Gasteiger partial charge in [-0.1, -0.05) is 30.3 Å². The summed E-state index contributed by atoms with van der Waals surface area (Å²) in [5, 5.41) is 0.475. The largest absolute Gasteiger partial charge is 0.497 e. The molecular formula is C26H16F6O4. The van der Waals surface area contributed by atoms with Crippen molar-refractivity contribution in [2.45, 2.75) is 12.4 Å². The summed E-state index contributed by atoms with van der Waals surface area (Å²) in [7, 11) is 1.44. The fraction of sp³-hybridized carbons (Fsp3) is 0.115. The molecule has 3 aromatic carbocycles. The predicted molar refractivity (Wildman–Crippen MR) is 121 cm³/mol. The summed E-state index contributed by atoms with van der Waals surface area (Å²) >= 11 is 0. The molecule has 0 aliphatic carbocycles. The zero-order chi connectivity index (χ0) is 26.1. The molecule has 0 saturated carbocycles. The van der Waals surface area contributed by atoms with Crippen LogP contribution in [0.25, 0.3) is 28.2 Å². The van der Waals surface area contributed by atoms with Gasteiger partial charge >= 0.3 is 18.0 Å². The maximum absolute atomic E-state index is 13.1. The molecular weight excluding hydrogens is 490 g/mol. The molecule has 0 aliphatic heterocycles. The van der Waals surface area contributed by atoms with Crippen molar-refractivity contribution >= 4 is 17.0 Å². The van der Waals surface area contributed by atoms with Crippen LogP contribution in [0.4, 0.5) is 26.3 Å². The number of alkyl halides is 6. The van der Waals surface area contributed by atoms with E-state index in [1.54, 1.807) is 42.5 Å². The topological polar surface area (TPSA) is 48.7 Å². The standard InChI is InChI=1S/C26H16F6O4/c1-34-19-7-8-20-21(14-19)36-24(33)23(22(20)16-5-3-2-4-6-16)35-10-9-15-11-17(25(27,28)29)13-18(12-15)26(30,31)32/h2-14H,1H3. The summed E-state index contributed by atoms with van der Waals surface area (Å²) in [6.07, 6.45) is -8.25. The molecule has 0 atom stereocenters. The first-order chi connectivity index (χ1) is 17.0. The Morgan fingerprint density at radius 1 is 0.833 bits per heavy atom. The van der Waals surface area contributed by atoms with Crippen LogP contribution in [0.15, 0.2) is 82.2 Å². The summed E-state index contributed by atoms with van der Waals surface area (Å²) in [4.78, 5) is 12.8. The van der Waals surface area contributed by atoms with Crippen molar-refractivity contribution < 1.29 is 40.2 Å². The predicted octanol–water partition coefficient (Wildman–Crippen LogP) is 7.56. The normalized spacial score (nSPS) is 12.3. The van der Waals surface area contributed by atoms with Gasteiger partial charge in [-0.05, 0) is 47.5 Å². The van der Waals surface area contributed by atoms with Gasteiger partial charge in [0, 0.05) is 17.0 Å². The molecule has 0 N–H and O–H groups in total. The minimum atomic E-state index is -4.99. The van der Waals surface area contributed by atoms with E-state index in [9.17, 15) is 31.1 Å². The van der Waals surface area contributed by atoms with Crippen LogP contribution in [0.5, 0.6) is 11.5 Å². The highest BCUT2D eigenvalue weighted by atomic mass is 19.4. The Bertz CT molecular complexity index is 1450. The van der Waals surface area contributed by atoms with Crippen molar-refractivity contribution in [3.05, 3.63) is 100 Å². The van der Waals surface area contributed by atoms with Crippen molar-refractivity contribution in [2.75, 3.05) is 7.11 Å². The number of fused-ring (bicyclic) bond motifs is 1. The number of rotatable bonds is 5. The Labute approximate surface area is 200 Å². The molecule has 0 saturated heterocycles. The van der Waals surface area contributed by atoms with E-state index >= 15 is 0 Å². The van der Waals surface area contributed by atoms with Crippen LogP contribution in [0.1, 0.15) is 16.7 Å². The molecule has 0 bridgehead atoms. The Balaban J connectivity index is 1.81. The van der Waals surface area contributed by atoms with E-state index in [-0.39, 0.29) is 17.4 Å². The molecule has 0 amide bonds. The second-order valence-corrected chi connectivity index (χ2v) is 7.58. The van der Waals surface area contributed by atoms with Crippen molar-refractivity contribution in [2.24, 2.45) is 0 Å². The van der Waals surface area contributed by atoms with Crippen LogP contribution in [0, 0.1) is 0 Å². The minimum Gasteiger partial charge on any atom is -0.497 e. The average molecular weight is 506 g/mol. The number of hydrogen-bond acceptors (Lipinski definition) is 4. The Kier molecular flexibility index (Phi) is 6.53. The van der Waals surface area contributed by atoms with Gasteiger partial charge in [0.25, 0.3) is 0 Å². The molecule has 0 spiro atoms. The molecule has 0 fully saturated rings. The number of methoxy groups -OCH3 is 1. The monoisotopic (exact) mass is 506 g/mol. The minimum absolute atomic E-state index is 0.0257. The molecule has 0 unspecified atom stereocenters. The highest BCUT2D eigenvalue weighted by Gasteiger charge is 2.36. The zero-order valence-corrected chi connectivity index (χ0v) is 18.4. The summed E-state index contributed by atoms with van der Waals surface area (Å²) < 4.78 is 94.8. The number of hydrogen-bond donors (Lipinski definition) is 0. The van der Waals surface area contributed by atoms with E-state index in [1.165, 1.54) is 13.2 Å². The lowest BCUT2D eigenvalue weighted by Crippen LogP contribution is -2.11. The summed E-state index contributed by atoms with van der Waals surface area (Å²) in [6.45, 7) is 0. The Morgan fingerprint density at radius 2 is 1.47 bits per heavy atom. The molecule has 1 heterocycles. The van der Waals surface area contributed by atoms with Gasteiger partial charge in [-0.15, -0.1) is 0 Å². The summed E-state index contributed by atoms with van der Waals surface area (Å²) in [5.74, 6) is 0.140. The second kappa shape index (κ2) is 9.44. The first-order valence-corrected chi connectivity index (χ1v) is 10.3. The second-order valence-electron chi connectivity index (χ2n) is 7.58. The molecule has 186 valence electrons. The maximum Gasteiger partial charge on any atom is 0.416 e. The van der Waals surface area contributed by atoms with Gasteiger partial charge in [0.2, 0.25) is 5.75 Å². The fourth-order valence-corrected chi connectivity index (χ4v) is 3.55. The van der Waals surface area contributed by atoms with E-state index in [2.05, 4.69) is 0 Å². The lowest BCUT2D eigenvalue weighted by Gasteiger charge is -2.13. The molecule has 1 aromatic heterocycles. The van der Waals surface area contributed by atoms with Crippen LogP contribution < -0.4 is 15.1 Å². The van der Waals surface area contributed by atoms with E-state index in [1.807, 2.05) is 0 Å². The molecule has 36 heavy (non-hydrogen) atoms. The molecule has 4 rings (SSSR count). The Hall–Kier alpha value is -4.21. The quantitative estimate of drug-likeness (QED) is 0.159. The van der Waals surface area contributed by atoms with Gasteiger partial charge in [0.15, 0.2) is 0 Å².